The second-order valence-corrected chi connectivity index (χ2v) is 6.74. The molecule has 0 spiro atoms. The highest BCUT2D eigenvalue weighted by Crippen LogP contribution is 2.38. The number of fused-ring (bicyclic) bond motifs is 3. The second-order valence-electron chi connectivity index (χ2n) is 6.74. The van der Waals surface area contributed by atoms with E-state index in [-0.39, 0.29) is 11.7 Å². The van der Waals surface area contributed by atoms with Crippen molar-refractivity contribution in [3.8, 4) is 17.0 Å². The van der Waals surface area contributed by atoms with E-state index < -0.39 is 5.82 Å². The average molecular weight is 365 g/mol. The van der Waals surface area contributed by atoms with Crippen LogP contribution in [0.25, 0.3) is 11.3 Å². The zero-order chi connectivity index (χ0) is 19.0. The summed E-state index contributed by atoms with van der Waals surface area (Å²) in [6.07, 6.45) is 5.27. The maximum Gasteiger partial charge on any atom is 0.257 e. The molecule has 27 heavy (non-hydrogen) atoms. The van der Waals surface area contributed by atoms with Gasteiger partial charge in [0.25, 0.3) is 5.91 Å². The molecule has 6 heteroatoms. The van der Waals surface area contributed by atoms with Crippen LogP contribution in [0.15, 0.2) is 42.7 Å². The van der Waals surface area contributed by atoms with E-state index >= 15 is 0 Å². The summed E-state index contributed by atoms with van der Waals surface area (Å²) in [6, 6.07) is 8.33. The zero-order valence-corrected chi connectivity index (χ0v) is 15.2. The highest BCUT2D eigenvalue weighted by atomic mass is 19.1. The third kappa shape index (κ3) is 3.07. The van der Waals surface area contributed by atoms with Gasteiger partial charge in [-0.2, -0.15) is 0 Å². The molecule has 0 aliphatic heterocycles. The number of amides is 1. The molecule has 1 aromatic carbocycles. The molecule has 0 saturated heterocycles. The fraction of sp³-hybridized carbons (Fsp3) is 0.238. The van der Waals surface area contributed by atoms with Gasteiger partial charge in [-0.05, 0) is 42.5 Å². The van der Waals surface area contributed by atoms with E-state index in [9.17, 15) is 9.18 Å². The lowest BCUT2D eigenvalue weighted by molar-refractivity contribution is 0.102. The molecule has 1 aliphatic rings. The number of benzene rings is 1. The number of nitrogens with one attached hydrogen (secondary N) is 2. The SMILES string of the molecule is COc1ccc(NC(=O)c2c[nH]c3c2-c2ncccc2C(C)CC3)cc1F. The zero-order valence-electron chi connectivity index (χ0n) is 15.2. The quantitative estimate of drug-likeness (QED) is 0.717. The van der Waals surface area contributed by atoms with Crippen LogP contribution in [0.1, 0.15) is 40.9 Å². The van der Waals surface area contributed by atoms with Gasteiger partial charge in [-0.25, -0.2) is 4.39 Å². The summed E-state index contributed by atoms with van der Waals surface area (Å²) in [5.74, 6) is -0.330. The number of aromatic amines is 1. The summed E-state index contributed by atoms with van der Waals surface area (Å²) >= 11 is 0. The predicted octanol–water partition coefficient (Wildman–Crippen LogP) is 4.53. The van der Waals surface area contributed by atoms with E-state index in [1.165, 1.54) is 19.2 Å². The van der Waals surface area contributed by atoms with Crippen LogP contribution >= 0.6 is 0 Å². The Morgan fingerprint density at radius 3 is 3.00 bits per heavy atom. The van der Waals surface area contributed by atoms with Gasteiger partial charge in [0.2, 0.25) is 0 Å². The molecule has 1 amide bonds. The molecular formula is C21H20FN3O2. The van der Waals surface area contributed by atoms with E-state index in [1.54, 1.807) is 18.5 Å². The number of anilines is 1. The van der Waals surface area contributed by atoms with Crippen molar-refractivity contribution in [3.63, 3.8) is 0 Å². The van der Waals surface area contributed by atoms with Gasteiger partial charge in [0.05, 0.1) is 18.4 Å². The fourth-order valence-corrected chi connectivity index (χ4v) is 3.60. The van der Waals surface area contributed by atoms with Crippen LogP contribution in [-0.2, 0) is 6.42 Å². The number of hydrogen-bond donors (Lipinski definition) is 2. The lowest BCUT2D eigenvalue weighted by Gasteiger charge is -2.12. The molecule has 138 valence electrons. The number of rotatable bonds is 3. The number of aromatic nitrogens is 2. The van der Waals surface area contributed by atoms with Crippen molar-refractivity contribution in [2.24, 2.45) is 0 Å². The molecule has 0 saturated carbocycles. The van der Waals surface area contributed by atoms with Gasteiger partial charge in [-0.3, -0.25) is 9.78 Å². The molecule has 0 fully saturated rings. The Morgan fingerprint density at radius 1 is 1.37 bits per heavy atom. The first-order valence-corrected chi connectivity index (χ1v) is 8.89. The minimum atomic E-state index is -0.524. The van der Waals surface area contributed by atoms with Gasteiger partial charge in [0.1, 0.15) is 0 Å². The molecule has 4 rings (SSSR count). The number of nitrogens with zero attached hydrogens (tertiary/aromatic N) is 1. The lowest BCUT2D eigenvalue weighted by atomic mass is 9.95. The molecular weight excluding hydrogens is 345 g/mol. The Kier molecular flexibility index (Phi) is 4.39. The summed E-state index contributed by atoms with van der Waals surface area (Å²) in [4.78, 5) is 20.7. The van der Waals surface area contributed by atoms with Crippen molar-refractivity contribution in [1.29, 1.82) is 0 Å². The van der Waals surface area contributed by atoms with Crippen LogP contribution < -0.4 is 10.1 Å². The Labute approximate surface area is 156 Å². The van der Waals surface area contributed by atoms with Crippen molar-refractivity contribution < 1.29 is 13.9 Å². The smallest absolute Gasteiger partial charge is 0.257 e. The van der Waals surface area contributed by atoms with E-state index in [0.29, 0.717) is 17.2 Å². The average Bonchev–Trinajstić information content (AvgIpc) is 3.04. The van der Waals surface area contributed by atoms with Crippen LogP contribution in [0.3, 0.4) is 0 Å². The Hall–Kier alpha value is -3.15. The summed E-state index contributed by atoms with van der Waals surface area (Å²) in [6.45, 7) is 2.17. The highest BCUT2D eigenvalue weighted by Gasteiger charge is 2.26. The molecule has 1 atom stereocenters. The molecule has 0 bridgehead atoms. The van der Waals surface area contributed by atoms with Gasteiger partial charge in [-0.1, -0.05) is 13.0 Å². The monoisotopic (exact) mass is 365 g/mol. The van der Waals surface area contributed by atoms with Crippen molar-refractivity contribution in [3.05, 3.63) is 65.4 Å². The van der Waals surface area contributed by atoms with E-state index in [2.05, 4.69) is 28.3 Å². The fourth-order valence-electron chi connectivity index (χ4n) is 3.60. The maximum absolute atomic E-state index is 13.9. The van der Waals surface area contributed by atoms with E-state index in [4.69, 9.17) is 4.74 Å². The molecule has 2 N–H and O–H groups in total. The van der Waals surface area contributed by atoms with Crippen LogP contribution in [0, 0.1) is 5.82 Å². The molecule has 5 nitrogen and oxygen atoms in total. The number of ether oxygens (including phenoxy) is 1. The second kappa shape index (κ2) is 6.87. The molecule has 2 aromatic heterocycles. The summed E-state index contributed by atoms with van der Waals surface area (Å²) < 4.78 is 18.8. The standard InChI is InChI=1S/C21H20FN3O2/c1-12-5-7-17-19(20-14(12)4-3-9-23-20)15(11-24-17)21(26)25-13-6-8-18(27-2)16(22)10-13/h3-4,6,8-12,24H,5,7H2,1-2H3,(H,25,26). The van der Waals surface area contributed by atoms with Gasteiger partial charge < -0.3 is 15.0 Å². The Bertz CT molecular complexity index is 1010. The number of hydrogen-bond acceptors (Lipinski definition) is 3. The van der Waals surface area contributed by atoms with Crippen molar-refractivity contribution in [2.45, 2.75) is 25.7 Å². The predicted molar refractivity (Wildman–Crippen MR) is 102 cm³/mol. The van der Waals surface area contributed by atoms with Crippen LogP contribution in [0.5, 0.6) is 5.75 Å². The number of carbonyl (C=O) groups is 1. The Morgan fingerprint density at radius 2 is 2.22 bits per heavy atom. The minimum absolute atomic E-state index is 0.135. The van der Waals surface area contributed by atoms with Gasteiger partial charge in [0.15, 0.2) is 11.6 Å². The van der Waals surface area contributed by atoms with Crippen molar-refractivity contribution >= 4 is 11.6 Å². The van der Waals surface area contributed by atoms with Gasteiger partial charge in [-0.15, -0.1) is 0 Å². The summed E-state index contributed by atoms with van der Waals surface area (Å²) in [5, 5.41) is 2.77. The third-order valence-corrected chi connectivity index (χ3v) is 5.05. The first-order valence-electron chi connectivity index (χ1n) is 8.89. The topological polar surface area (TPSA) is 67.0 Å². The van der Waals surface area contributed by atoms with Crippen LogP contribution in [-0.4, -0.2) is 23.0 Å². The molecule has 2 heterocycles. The first kappa shape index (κ1) is 17.3. The number of aryl methyl sites for hydroxylation is 1. The first-order chi connectivity index (χ1) is 13.1. The van der Waals surface area contributed by atoms with Gasteiger partial charge in [0, 0.05) is 35.4 Å². The summed E-state index contributed by atoms with van der Waals surface area (Å²) in [5.41, 5.74) is 4.70. The number of halogens is 1. The molecule has 1 unspecified atom stereocenters. The number of carbonyl (C=O) groups excluding carboxylic acids is 1. The van der Waals surface area contributed by atoms with Gasteiger partial charge >= 0.3 is 0 Å². The normalized spacial score (nSPS) is 15.4. The molecule has 0 radical (unpaired) electrons. The summed E-state index contributed by atoms with van der Waals surface area (Å²) in [7, 11) is 1.40. The number of methoxy groups -OCH3 is 1. The lowest BCUT2D eigenvalue weighted by Crippen LogP contribution is -2.13. The molecule has 3 aromatic rings. The van der Waals surface area contributed by atoms with Crippen LogP contribution in [0.2, 0.25) is 0 Å². The largest absolute Gasteiger partial charge is 0.494 e. The Balaban J connectivity index is 1.71. The minimum Gasteiger partial charge on any atom is -0.494 e. The maximum atomic E-state index is 13.9. The van der Waals surface area contributed by atoms with E-state index in [0.717, 1.165) is 35.4 Å². The molecule has 1 aliphatic carbocycles. The van der Waals surface area contributed by atoms with Crippen molar-refractivity contribution in [2.75, 3.05) is 12.4 Å². The third-order valence-electron chi connectivity index (χ3n) is 5.05. The van der Waals surface area contributed by atoms with Crippen LogP contribution in [0.4, 0.5) is 10.1 Å². The highest BCUT2D eigenvalue weighted by molar-refractivity contribution is 6.09. The number of H-pyrrole nitrogens is 1. The van der Waals surface area contributed by atoms with Crippen molar-refractivity contribution in [1.82, 2.24) is 9.97 Å². The number of pyridine rings is 1. The van der Waals surface area contributed by atoms with E-state index in [1.807, 2.05) is 6.07 Å².